The maximum atomic E-state index is 5.75. The molecule has 1 atom stereocenters. The van der Waals surface area contributed by atoms with Crippen LogP contribution in [-0.2, 0) is 0 Å². The monoisotopic (exact) mass is 191 g/mol. The van der Waals surface area contributed by atoms with E-state index < -0.39 is 0 Å². The van der Waals surface area contributed by atoms with E-state index >= 15 is 0 Å². The Morgan fingerprint density at radius 1 is 1.29 bits per heavy atom. The third-order valence-corrected chi connectivity index (χ3v) is 2.18. The predicted molar refractivity (Wildman–Crippen MR) is 56.6 cm³/mol. The van der Waals surface area contributed by atoms with Gasteiger partial charge in [0.15, 0.2) is 0 Å². The molecule has 14 heavy (non-hydrogen) atoms. The first-order valence-electron chi connectivity index (χ1n) is 4.45. The van der Waals surface area contributed by atoms with Crippen LogP contribution in [0.15, 0.2) is 28.7 Å². The fourth-order valence-corrected chi connectivity index (χ4v) is 1.38. The molecule has 4 heteroatoms. The van der Waals surface area contributed by atoms with Crippen molar-refractivity contribution in [2.24, 2.45) is 11.5 Å². The Kier molecular flexibility index (Phi) is 2.15. The molecule has 1 heterocycles. The standard InChI is InChI=1S/C10H13N3O/c11-5-8(13)10-4-6-3-7(12)1-2-9(6)14-10/h1-4,8H,5,11-13H2. The van der Waals surface area contributed by atoms with Crippen LogP contribution < -0.4 is 17.2 Å². The lowest BCUT2D eigenvalue weighted by Gasteiger charge is -2.02. The summed E-state index contributed by atoms with van der Waals surface area (Å²) in [6, 6.07) is 7.11. The van der Waals surface area contributed by atoms with Crippen LogP contribution in [0.4, 0.5) is 5.69 Å². The van der Waals surface area contributed by atoms with Crippen LogP contribution in [0.3, 0.4) is 0 Å². The fraction of sp³-hybridized carbons (Fsp3) is 0.200. The molecule has 74 valence electrons. The molecule has 0 spiro atoms. The van der Waals surface area contributed by atoms with Gasteiger partial charge in [-0.1, -0.05) is 0 Å². The zero-order chi connectivity index (χ0) is 10.1. The van der Waals surface area contributed by atoms with Crippen molar-refractivity contribution < 1.29 is 4.42 Å². The quantitative estimate of drug-likeness (QED) is 0.617. The lowest BCUT2D eigenvalue weighted by Crippen LogP contribution is -2.19. The first-order valence-corrected chi connectivity index (χ1v) is 4.45. The number of hydrogen-bond donors (Lipinski definition) is 3. The lowest BCUT2D eigenvalue weighted by molar-refractivity contribution is 0.500. The minimum Gasteiger partial charge on any atom is -0.459 e. The molecule has 0 saturated carbocycles. The van der Waals surface area contributed by atoms with E-state index in [1.165, 1.54) is 0 Å². The van der Waals surface area contributed by atoms with Gasteiger partial charge in [0.1, 0.15) is 11.3 Å². The first kappa shape index (κ1) is 9.05. The summed E-state index contributed by atoms with van der Waals surface area (Å²) in [5.74, 6) is 0.702. The number of nitrogens with two attached hydrogens (primary N) is 3. The van der Waals surface area contributed by atoms with Crippen LogP contribution in [0.5, 0.6) is 0 Å². The molecule has 2 aromatic rings. The van der Waals surface area contributed by atoms with Gasteiger partial charge in [0.05, 0.1) is 6.04 Å². The number of anilines is 1. The summed E-state index contributed by atoms with van der Waals surface area (Å²) in [6.07, 6.45) is 0. The molecule has 2 rings (SSSR count). The summed E-state index contributed by atoms with van der Waals surface area (Å²) in [6.45, 7) is 0.370. The predicted octanol–water partition coefficient (Wildman–Crippen LogP) is 0.973. The largest absolute Gasteiger partial charge is 0.459 e. The van der Waals surface area contributed by atoms with Crippen LogP contribution in [0.2, 0.25) is 0 Å². The van der Waals surface area contributed by atoms with E-state index in [1.54, 1.807) is 6.07 Å². The Labute approximate surface area is 81.7 Å². The summed E-state index contributed by atoms with van der Waals surface area (Å²) < 4.78 is 5.52. The van der Waals surface area contributed by atoms with Crippen LogP contribution >= 0.6 is 0 Å². The highest BCUT2D eigenvalue weighted by atomic mass is 16.3. The summed E-state index contributed by atoms with van der Waals surface area (Å²) in [5, 5.41) is 0.962. The molecule has 0 radical (unpaired) electrons. The van der Waals surface area contributed by atoms with E-state index in [0.29, 0.717) is 18.0 Å². The van der Waals surface area contributed by atoms with E-state index in [-0.39, 0.29) is 6.04 Å². The van der Waals surface area contributed by atoms with Gasteiger partial charge in [0, 0.05) is 17.6 Å². The molecular weight excluding hydrogens is 178 g/mol. The Balaban J connectivity index is 2.51. The van der Waals surface area contributed by atoms with Gasteiger partial charge < -0.3 is 21.6 Å². The average molecular weight is 191 g/mol. The van der Waals surface area contributed by atoms with Crippen LogP contribution in [0, 0.1) is 0 Å². The summed E-state index contributed by atoms with van der Waals surface area (Å²) >= 11 is 0. The molecular formula is C10H13N3O. The molecule has 1 unspecified atom stereocenters. The van der Waals surface area contributed by atoms with Crippen LogP contribution in [0.25, 0.3) is 11.0 Å². The Morgan fingerprint density at radius 3 is 2.79 bits per heavy atom. The number of fused-ring (bicyclic) bond motifs is 1. The second-order valence-electron chi connectivity index (χ2n) is 3.29. The molecule has 0 fully saturated rings. The number of nitrogen functional groups attached to an aromatic ring is 1. The van der Waals surface area contributed by atoms with Gasteiger partial charge in [-0.05, 0) is 24.3 Å². The van der Waals surface area contributed by atoms with E-state index in [9.17, 15) is 0 Å². The molecule has 6 N–H and O–H groups in total. The molecule has 0 aliphatic carbocycles. The second kappa shape index (κ2) is 3.32. The maximum absolute atomic E-state index is 5.75. The second-order valence-corrected chi connectivity index (χ2v) is 3.29. The zero-order valence-corrected chi connectivity index (χ0v) is 7.73. The number of furan rings is 1. The number of hydrogen-bond acceptors (Lipinski definition) is 4. The molecule has 0 amide bonds. The summed E-state index contributed by atoms with van der Waals surface area (Å²) in [5.41, 5.74) is 18.3. The molecule has 0 bridgehead atoms. The van der Waals surface area contributed by atoms with Crippen molar-refractivity contribution in [3.63, 3.8) is 0 Å². The highest BCUT2D eigenvalue weighted by Gasteiger charge is 2.09. The van der Waals surface area contributed by atoms with Crippen molar-refractivity contribution in [1.82, 2.24) is 0 Å². The molecule has 0 aliphatic heterocycles. The summed E-state index contributed by atoms with van der Waals surface area (Å²) in [4.78, 5) is 0. The van der Waals surface area contributed by atoms with E-state index in [2.05, 4.69) is 0 Å². The first-order chi connectivity index (χ1) is 6.70. The molecule has 1 aromatic heterocycles. The van der Waals surface area contributed by atoms with E-state index in [1.807, 2.05) is 18.2 Å². The normalized spacial score (nSPS) is 13.3. The van der Waals surface area contributed by atoms with Crippen molar-refractivity contribution in [2.45, 2.75) is 6.04 Å². The average Bonchev–Trinajstić information content (AvgIpc) is 2.59. The van der Waals surface area contributed by atoms with Crippen molar-refractivity contribution >= 4 is 16.7 Å². The molecule has 0 saturated heterocycles. The van der Waals surface area contributed by atoms with Gasteiger partial charge in [0.25, 0.3) is 0 Å². The fourth-order valence-electron chi connectivity index (χ4n) is 1.38. The molecule has 0 aliphatic rings. The summed E-state index contributed by atoms with van der Waals surface area (Å²) in [7, 11) is 0. The van der Waals surface area contributed by atoms with Gasteiger partial charge >= 0.3 is 0 Å². The SMILES string of the molecule is NCC(N)c1cc2cc(N)ccc2o1. The van der Waals surface area contributed by atoms with E-state index in [0.717, 1.165) is 11.0 Å². The van der Waals surface area contributed by atoms with Crippen molar-refractivity contribution in [3.8, 4) is 0 Å². The highest BCUT2D eigenvalue weighted by Crippen LogP contribution is 2.24. The third-order valence-electron chi connectivity index (χ3n) is 2.18. The molecule has 4 nitrogen and oxygen atoms in total. The maximum Gasteiger partial charge on any atom is 0.134 e. The van der Waals surface area contributed by atoms with Gasteiger partial charge in [-0.3, -0.25) is 0 Å². The van der Waals surface area contributed by atoms with Gasteiger partial charge in [-0.2, -0.15) is 0 Å². The number of benzene rings is 1. The lowest BCUT2D eigenvalue weighted by atomic mass is 10.2. The van der Waals surface area contributed by atoms with Crippen molar-refractivity contribution in [1.29, 1.82) is 0 Å². The van der Waals surface area contributed by atoms with Crippen LogP contribution in [0.1, 0.15) is 11.8 Å². The van der Waals surface area contributed by atoms with Crippen LogP contribution in [-0.4, -0.2) is 6.54 Å². The van der Waals surface area contributed by atoms with Gasteiger partial charge in [-0.15, -0.1) is 0 Å². The Bertz CT molecular complexity index is 450. The smallest absolute Gasteiger partial charge is 0.134 e. The topological polar surface area (TPSA) is 91.2 Å². The van der Waals surface area contributed by atoms with E-state index in [4.69, 9.17) is 21.6 Å². The molecule has 1 aromatic carbocycles. The number of rotatable bonds is 2. The Morgan fingerprint density at radius 2 is 2.07 bits per heavy atom. The van der Waals surface area contributed by atoms with Gasteiger partial charge in [0.2, 0.25) is 0 Å². The highest BCUT2D eigenvalue weighted by molar-refractivity contribution is 5.81. The zero-order valence-electron chi connectivity index (χ0n) is 7.73. The minimum atomic E-state index is -0.247. The van der Waals surface area contributed by atoms with Crippen molar-refractivity contribution in [3.05, 3.63) is 30.0 Å². The third kappa shape index (κ3) is 1.45. The minimum absolute atomic E-state index is 0.247. The van der Waals surface area contributed by atoms with Crippen molar-refractivity contribution in [2.75, 3.05) is 12.3 Å². The van der Waals surface area contributed by atoms with Gasteiger partial charge in [-0.25, -0.2) is 0 Å². The Hall–Kier alpha value is -1.52.